The van der Waals surface area contributed by atoms with Crippen LogP contribution in [0.4, 0.5) is 5.69 Å². The normalized spacial score (nSPS) is 16.9. The minimum absolute atomic E-state index is 0.307. The Labute approximate surface area is 115 Å². The Kier molecular flexibility index (Phi) is 4.46. The molecule has 0 unspecified atom stereocenters. The van der Waals surface area contributed by atoms with E-state index in [1.165, 1.54) is 5.56 Å². The van der Waals surface area contributed by atoms with Gasteiger partial charge in [-0.15, -0.1) is 0 Å². The number of carbonyl (C=O) groups is 1. The number of nitrogens with two attached hydrogens (primary N) is 1. The van der Waals surface area contributed by atoms with Gasteiger partial charge in [0.15, 0.2) is 0 Å². The summed E-state index contributed by atoms with van der Waals surface area (Å²) in [6.07, 6.45) is 2.77. The van der Waals surface area contributed by atoms with Gasteiger partial charge in [-0.2, -0.15) is 0 Å². The maximum atomic E-state index is 12.0. The molecule has 2 rings (SSSR count). The maximum Gasteiger partial charge on any atom is 0.222 e. The minimum Gasteiger partial charge on any atom is -0.399 e. The largest absolute Gasteiger partial charge is 0.399 e. The highest BCUT2D eigenvalue weighted by Gasteiger charge is 2.23. The molecule has 0 bridgehead atoms. The third-order valence-electron chi connectivity index (χ3n) is 3.81. The lowest BCUT2D eigenvalue weighted by Crippen LogP contribution is -2.38. The van der Waals surface area contributed by atoms with Gasteiger partial charge >= 0.3 is 0 Å². The van der Waals surface area contributed by atoms with Gasteiger partial charge in [0, 0.05) is 25.2 Å². The van der Waals surface area contributed by atoms with E-state index >= 15 is 0 Å². The molecule has 0 aliphatic carbocycles. The summed E-state index contributed by atoms with van der Waals surface area (Å²) in [5.74, 6) is 1.30. The van der Waals surface area contributed by atoms with Crippen molar-refractivity contribution in [3.8, 4) is 0 Å². The average molecular weight is 260 g/mol. The van der Waals surface area contributed by atoms with Gasteiger partial charge < -0.3 is 10.6 Å². The summed E-state index contributed by atoms with van der Waals surface area (Å²) in [7, 11) is 0. The minimum atomic E-state index is 0.307. The van der Waals surface area contributed by atoms with Crippen LogP contribution in [0.3, 0.4) is 0 Å². The molecule has 3 nitrogen and oxygen atoms in total. The molecule has 1 heterocycles. The molecule has 1 aliphatic heterocycles. The van der Waals surface area contributed by atoms with Crippen molar-refractivity contribution in [2.75, 3.05) is 18.8 Å². The molecular formula is C16H24N2O. The van der Waals surface area contributed by atoms with Crippen LogP contribution in [-0.2, 0) is 4.79 Å². The summed E-state index contributed by atoms with van der Waals surface area (Å²) >= 11 is 0. The summed E-state index contributed by atoms with van der Waals surface area (Å²) in [5.41, 5.74) is 7.98. The Hall–Kier alpha value is -1.51. The monoisotopic (exact) mass is 260 g/mol. The number of hydrogen-bond acceptors (Lipinski definition) is 2. The first-order valence-electron chi connectivity index (χ1n) is 7.19. The number of carbonyl (C=O) groups excluding carboxylic acids is 1. The van der Waals surface area contributed by atoms with E-state index in [1.807, 2.05) is 17.0 Å². The molecule has 1 aromatic carbocycles. The molecule has 1 saturated heterocycles. The molecule has 0 spiro atoms. The molecule has 104 valence electrons. The molecule has 1 amide bonds. The molecule has 0 aromatic heterocycles. The Morgan fingerprint density at radius 2 is 2.05 bits per heavy atom. The Balaban J connectivity index is 1.90. The standard InChI is InChI=1S/C16H24N2O/c1-12(2)10-16(19)18-8-6-13(7-9-18)14-4-3-5-15(17)11-14/h3-5,11-13H,6-10,17H2,1-2H3. The SMILES string of the molecule is CC(C)CC(=O)N1CCC(c2cccc(N)c2)CC1. The summed E-state index contributed by atoms with van der Waals surface area (Å²) in [5, 5.41) is 0. The van der Waals surface area contributed by atoms with Gasteiger partial charge in [0.05, 0.1) is 0 Å². The Morgan fingerprint density at radius 3 is 2.63 bits per heavy atom. The van der Waals surface area contributed by atoms with Crippen LogP contribution >= 0.6 is 0 Å². The average Bonchev–Trinajstić information content (AvgIpc) is 2.38. The summed E-state index contributed by atoms with van der Waals surface area (Å²) in [6.45, 7) is 5.95. The smallest absolute Gasteiger partial charge is 0.222 e. The number of nitrogen functional groups attached to an aromatic ring is 1. The fourth-order valence-electron chi connectivity index (χ4n) is 2.75. The van der Waals surface area contributed by atoms with E-state index in [4.69, 9.17) is 5.73 Å². The number of rotatable bonds is 3. The van der Waals surface area contributed by atoms with E-state index in [0.29, 0.717) is 24.2 Å². The van der Waals surface area contributed by atoms with Gasteiger partial charge in [0.2, 0.25) is 5.91 Å². The van der Waals surface area contributed by atoms with Gasteiger partial charge in [-0.05, 0) is 42.4 Å². The van der Waals surface area contributed by atoms with Crippen LogP contribution in [0.2, 0.25) is 0 Å². The van der Waals surface area contributed by atoms with Gasteiger partial charge in [-0.1, -0.05) is 26.0 Å². The number of anilines is 1. The lowest BCUT2D eigenvalue weighted by Gasteiger charge is -2.32. The number of hydrogen-bond donors (Lipinski definition) is 1. The van der Waals surface area contributed by atoms with Crippen molar-refractivity contribution in [3.05, 3.63) is 29.8 Å². The fourth-order valence-corrected chi connectivity index (χ4v) is 2.75. The van der Waals surface area contributed by atoms with Gasteiger partial charge in [-0.25, -0.2) is 0 Å². The molecule has 1 aromatic rings. The van der Waals surface area contributed by atoms with Crippen LogP contribution in [0.5, 0.6) is 0 Å². The molecule has 19 heavy (non-hydrogen) atoms. The van der Waals surface area contributed by atoms with Crippen molar-refractivity contribution in [1.82, 2.24) is 4.90 Å². The van der Waals surface area contributed by atoms with E-state index in [9.17, 15) is 4.79 Å². The molecule has 1 aliphatic rings. The molecule has 2 N–H and O–H groups in total. The van der Waals surface area contributed by atoms with Crippen LogP contribution in [0.25, 0.3) is 0 Å². The molecule has 0 saturated carbocycles. The molecule has 0 atom stereocenters. The van der Waals surface area contributed by atoms with Crippen LogP contribution in [0.1, 0.15) is 44.6 Å². The van der Waals surface area contributed by atoms with Crippen molar-refractivity contribution in [1.29, 1.82) is 0 Å². The van der Waals surface area contributed by atoms with Crippen LogP contribution < -0.4 is 5.73 Å². The quantitative estimate of drug-likeness (QED) is 0.849. The van der Waals surface area contributed by atoms with Gasteiger partial charge in [-0.3, -0.25) is 4.79 Å². The van der Waals surface area contributed by atoms with Crippen LogP contribution in [0.15, 0.2) is 24.3 Å². The fraction of sp³-hybridized carbons (Fsp3) is 0.562. The first-order valence-corrected chi connectivity index (χ1v) is 7.19. The summed E-state index contributed by atoms with van der Waals surface area (Å²) in [6, 6.07) is 8.15. The third kappa shape index (κ3) is 3.72. The predicted octanol–water partition coefficient (Wildman–Crippen LogP) is 3.02. The predicted molar refractivity (Wildman–Crippen MR) is 78.9 cm³/mol. The number of piperidine rings is 1. The van der Waals surface area contributed by atoms with E-state index < -0.39 is 0 Å². The van der Waals surface area contributed by atoms with Crippen LogP contribution in [0, 0.1) is 5.92 Å². The lowest BCUT2D eigenvalue weighted by atomic mass is 9.89. The number of amides is 1. The first kappa shape index (κ1) is 13.9. The number of benzene rings is 1. The van der Waals surface area contributed by atoms with E-state index in [-0.39, 0.29) is 0 Å². The topological polar surface area (TPSA) is 46.3 Å². The summed E-state index contributed by atoms with van der Waals surface area (Å²) in [4.78, 5) is 14.0. The number of likely N-dealkylation sites (tertiary alicyclic amines) is 1. The highest BCUT2D eigenvalue weighted by Crippen LogP contribution is 2.29. The zero-order valence-electron chi connectivity index (χ0n) is 11.9. The molecular weight excluding hydrogens is 236 g/mol. The van der Waals surface area contributed by atoms with Gasteiger partial charge in [0.25, 0.3) is 0 Å². The highest BCUT2D eigenvalue weighted by atomic mass is 16.2. The second kappa shape index (κ2) is 6.09. The summed E-state index contributed by atoms with van der Waals surface area (Å²) < 4.78 is 0. The zero-order valence-corrected chi connectivity index (χ0v) is 11.9. The van der Waals surface area contributed by atoms with Gasteiger partial charge in [0.1, 0.15) is 0 Å². The van der Waals surface area contributed by atoms with Crippen molar-refractivity contribution in [2.45, 2.75) is 39.0 Å². The lowest BCUT2D eigenvalue weighted by molar-refractivity contribution is -0.133. The third-order valence-corrected chi connectivity index (χ3v) is 3.81. The molecule has 3 heteroatoms. The highest BCUT2D eigenvalue weighted by molar-refractivity contribution is 5.76. The number of nitrogens with zero attached hydrogens (tertiary/aromatic N) is 1. The van der Waals surface area contributed by atoms with E-state index in [0.717, 1.165) is 31.6 Å². The second-order valence-corrected chi connectivity index (χ2v) is 5.92. The molecule has 1 fully saturated rings. The Morgan fingerprint density at radius 1 is 1.37 bits per heavy atom. The molecule has 0 radical (unpaired) electrons. The Bertz CT molecular complexity index is 434. The first-order chi connectivity index (χ1) is 9.06. The van der Waals surface area contributed by atoms with Crippen molar-refractivity contribution >= 4 is 11.6 Å². The zero-order chi connectivity index (χ0) is 13.8. The van der Waals surface area contributed by atoms with E-state index in [2.05, 4.69) is 26.0 Å². The van der Waals surface area contributed by atoms with Crippen LogP contribution in [-0.4, -0.2) is 23.9 Å². The van der Waals surface area contributed by atoms with E-state index in [1.54, 1.807) is 0 Å². The van der Waals surface area contributed by atoms with Crippen molar-refractivity contribution in [3.63, 3.8) is 0 Å². The second-order valence-electron chi connectivity index (χ2n) is 5.92. The van der Waals surface area contributed by atoms with Crippen molar-refractivity contribution in [2.24, 2.45) is 5.92 Å². The van der Waals surface area contributed by atoms with Crippen molar-refractivity contribution < 1.29 is 4.79 Å². The maximum absolute atomic E-state index is 12.0.